The summed E-state index contributed by atoms with van der Waals surface area (Å²) in [7, 11) is 0. The molecule has 0 unspecified atom stereocenters. The van der Waals surface area contributed by atoms with Gasteiger partial charge in [-0.05, 0) is 87.8 Å². The summed E-state index contributed by atoms with van der Waals surface area (Å²) in [6, 6.07) is 36.3. The van der Waals surface area contributed by atoms with E-state index in [1.807, 2.05) is 0 Å². The zero-order valence-electron chi connectivity index (χ0n) is 23.1. The molecule has 6 aromatic carbocycles. The lowest BCUT2D eigenvalue weighted by molar-refractivity contribution is 0.659. The second-order valence-electron chi connectivity index (χ2n) is 12.1. The van der Waals surface area contributed by atoms with Crippen LogP contribution in [0, 0.1) is 13.8 Å². The summed E-state index contributed by atoms with van der Waals surface area (Å²) in [4.78, 5) is 5.11. The molecule has 2 nitrogen and oxygen atoms in total. The third-order valence-corrected chi connectivity index (χ3v) is 9.51. The molecule has 0 spiro atoms. The topological polar surface area (TPSA) is 17.8 Å². The van der Waals surface area contributed by atoms with E-state index in [0.29, 0.717) is 0 Å². The molecule has 0 bridgehead atoms. The predicted molar refractivity (Wildman–Crippen MR) is 169 cm³/mol. The monoisotopic (exact) mass is 512 g/mol. The van der Waals surface area contributed by atoms with Gasteiger partial charge in [0.15, 0.2) is 0 Å². The lowest BCUT2D eigenvalue weighted by atomic mass is 9.80. The summed E-state index contributed by atoms with van der Waals surface area (Å²) >= 11 is 0. The van der Waals surface area contributed by atoms with Gasteiger partial charge < -0.3 is 4.57 Å². The van der Waals surface area contributed by atoms with Crippen molar-refractivity contribution >= 4 is 54.1 Å². The van der Waals surface area contributed by atoms with Crippen LogP contribution in [0.5, 0.6) is 0 Å². The zero-order valence-corrected chi connectivity index (χ0v) is 23.1. The minimum atomic E-state index is -0.0830. The Labute approximate surface area is 232 Å². The largest absolute Gasteiger partial charge is 0.308 e. The molecular weight excluding hydrogens is 484 g/mol. The van der Waals surface area contributed by atoms with Crippen molar-refractivity contribution in [1.82, 2.24) is 9.55 Å². The van der Waals surface area contributed by atoms with Crippen LogP contribution in [0.15, 0.2) is 97.1 Å². The number of benzene rings is 6. The number of aryl methyl sites for hydroxylation is 2. The van der Waals surface area contributed by atoms with Gasteiger partial charge in [0, 0.05) is 38.5 Å². The van der Waals surface area contributed by atoms with E-state index in [9.17, 15) is 0 Å². The van der Waals surface area contributed by atoms with Gasteiger partial charge in [0.05, 0.1) is 16.7 Å². The molecule has 0 atom stereocenters. The minimum Gasteiger partial charge on any atom is -0.308 e. The number of fused-ring (bicyclic) bond motifs is 8. The van der Waals surface area contributed by atoms with Gasteiger partial charge >= 0.3 is 0 Å². The molecule has 0 amide bonds. The summed E-state index contributed by atoms with van der Waals surface area (Å²) in [5, 5.41) is 10.5. The molecule has 0 radical (unpaired) electrons. The molecule has 2 heterocycles. The van der Waals surface area contributed by atoms with Gasteiger partial charge in [0.1, 0.15) is 0 Å². The average molecular weight is 513 g/mol. The molecular formula is C38H28N2. The highest BCUT2D eigenvalue weighted by Gasteiger charge is 2.38. The van der Waals surface area contributed by atoms with Crippen LogP contribution in [0.25, 0.3) is 71.1 Å². The van der Waals surface area contributed by atoms with Gasteiger partial charge in [-0.2, -0.15) is 0 Å². The summed E-state index contributed by atoms with van der Waals surface area (Å²) in [6.45, 7) is 9.00. The maximum atomic E-state index is 5.11. The van der Waals surface area contributed by atoms with Gasteiger partial charge in [0.25, 0.3) is 0 Å². The molecule has 8 aromatic rings. The molecule has 9 rings (SSSR count). The minimum absolute atomic E-state index is 0.0830. The highest BCUT2D eigenvalue weighted by Crippen LogP contribution is 2.53. The zero-order chi connectivity index (χ0) is 26.9. The molecule has 0 fully saturated rings. The molecule has 0 N–H and O–H groups in total. The molecule has 2 aromatic heterocycles. The fourth-order valence-corrected chi connectivity index (χ4v) is 7.61. The molecule has 0 saturated heterocycles. The maximum Gasteiger partial charge on any atom is 0.0755 e. The van der Waals surface area contributed by atoms with Crippen molar-refractivity contribution in [2.45, 2.75) is 33.1 Å². The van der Waals surface area contributed by atoms with E-state index in [4.69, 9.17) is 4.98 Å². The first-order chi connectivity index (χ1) is 19.4. The van der Waals surface area contributed by atoms with E-state index in [0.717, 1.165) is 11.4 Å². The Hall–Kier alpha value is -4.69. The Balaban J connectivity index is 1.51. The van der Waals surface area contributed by atoms with Gasteiger partial charge in [-0.3, -0.25) is 4.98 Å². The van der Waals surface area contributed by atoms with Crippen molar-refractivity contribution in [2.75, 3.05) is 0 Å². The van der Waals surface area contributed by atoms with E-state index in [1.165, 1.54) is 82.1 Å². The third kappa shape index (κ3) is 2.57. The van der Waals surface area contributed by atoms with Gasteiger partial charge in [-0.15, -0.1) is 0 Å². The number of para-hydroxylation sites is 2. The van der Waals surface area contributed by atoms with Crippen LogP contribution in [-0.4, -0.2) is 9.55 Å². The summed E-state index contributed by atoms with van der Waals surface area (Å²) in [6.07, 6.45) is 0. The highest BCUT2D eigenvalue weighted by molar-refractivity contribution is 6.33. The number of nitrogens with zero attached hydrogens (tertiary/aromatic N) is 2. The Kier molecular flexibility index (Phi) is 4.03. The Morgan fingerprint density at radius 3 is 2.20 bits per heavy atom. The lowest BCUT2D eigenvalue weighted by Crippen LogP contribution is -2.15. The number of hydrogen-bond donors (Lipinski definition) is 0. The normalized spacial score (nSPS) is 14.2. The second kappa shape index (κ2) is 7.28. The van der Waals surface area contributed by atoms with Crippen molar-refractivity contribution < 1.29 is 0 Å². The second-order valence-corrected chi connectivity index (χ2v) is 12.1. The Morgan fingerprint density at radius 2 is 1.35 bits per heavy atom. The summed E-state index contributed by atoms with van der Waals surface area (Å²) in [5.74, 6) is 0. The number of rotatable bonds is 1. The van der Waals surface area contributed by atoms with Gasteiger partial charge in [-0.1, -0.05) is 80.6 Å². The Morgan fingerprint density at radius 1 is 0.625 bits per heavy atom. The number of aromatic nitrogens is 2. The molecule has 190 valence electrons. The Bertz CT molecular complexity index is 2370. The quantitative estimate of drug-likeness (QED) is 0.200. The molecule has 0 aliphatic heterocycles. The summed E-state index contributed by atoms with van der Waals surface area (Å²) in [5.41, 5.74) is 11.2. The summed E-state index contributed by atoms with van der Waals surface area (Å²) < 4.78 is 2.49. The number of hydrogen-bond acceptors (Lipinski definition) is 1. The van der Waals surface area contributed by atoms with Crippen molar-refractivity contribution in [1.29, 1.82) is 0 Å². The van der Waals surface area contributed by atoms with Crippen LogP contribution in [0.3, 0.4) is 0 Å². The van der Waals surface area contributed by atoms with Crippen LogP contribution in [0.4, 0.5) is 0 Å². The molecule has 40 heavy (non-hydrogen) atoms. The maximum absolute atomic E-state index is 5.11. The predicted octanol–water partition coefficient (Wildman–Crippen LogP) is 10.00. The van der Waals surface area contributed by atoms with E-state index >= 15 is 0 Å². The van der Waals surface area contributed by atoms with E-state index < -0.39 is 0 Å². The van der Waals surface area contributed by atoms with E-state index in [1.54, 1.807) is 0 Å². The highest BCUT2D eigenvalue weighted by atomic mass is 15.0. The standard InChI is InChI=1S/C38H28N2/c1-21-9-5-7-11-31(21)40-32-12-8-6-10-25(32)28-19-23-14-15-24-20-30-35(26-16-17-27(37(28)40)34(23)33(24)26)36-29(38(30,3)4)18-13-22(2)39-36/h5-20H,1-4H3. The number of pyridine rings is 1. The van der Waals surface area contributed by atoms with Crippen LogP contribution >= 0.6 is 0 Å². The molecule has 0 saturated carbocycles. The third-order valence-electron chi connectivity index (χ3n) is 9.51. The average Bonchev–Trinajstić information content (AvgIpc) is 3.40. The first-order valence-corrected chi connectivity index (χ1v) is 14.2. The van der Waals surface area contributed by atoms with E-state index in [-0.39, 0.29) is 5.41 Å². The van der Waals surface area contributed by atoms with Crippen LogP contribution in [0.2, 0.25) is 0 Å². The molecule has 1 aliphatic carbocycles. The van der Waals surface area contributed by atoms with Crippen molar-refractivity contribution in [3.8, 4) is 16.9 Å². The van der Waals surface area contributed by atoms with Crippen molar-refractivity contribution in [3.05, 3.63) is 119 Å². The first kappa shape index (κ1) is 22.2. The van der Waals surface area contributed by atoms with Crippen LogP contribution in [-0.2, 0) is 5.41 Å². The smallest absolute Gasteiger partial charge is 0.0755 e. The van der Waals surface area contributed by atoms with Crippen molar-refractivity contribution in [3.63, 3.8) is 0 Å². The fraction of sp³-hybridized carbons (Fsp3) is 0.132. The lowest BCUT2D eigenvalue weighted by Gasteiger charge is -2.22. The van der Waals surface area contributed by atoms with Crippen LogP contribution in [0.1, 0.15) is 36.2 Å². The van der Waals surface area contributed by atoms with Gasteiger partial charge in [0.2, 0.25) is 0 Å². The van der Waals surface area contributed by atoms with Crippen LogP contribution < -0.4 is 0 Å². The molecule has 2 heteroatoms. The van der Waals surface area contributed by atoms with Crippen molar-refractivity contribution in [2.24, 2.45) is 0 Å². The fourth-order valence-electron chi connectivity index (χ4n) is 7.61. The first-order valence-electron chi connectivity index (χ1n) is 14.2. The van der Waals surface area contributed by atoms with E-state index in [2.05, 4.69) is 129 Å². The van der Waals surface area contributed by atoms with Gasteiger partial charge in [-0.25, -0.2) is 0 Å². The SMILES string of the molecule is Cc1ccc2c(n1)-c1c(cc3ccc4cc5c6ccccc6n(-c6ccccc6C)c5c5ccc1c3c45)C2(C)C. The molecule has 1 aliphatic rings.